The Balaban J connectivity index is 2.15. The van der Waals surface area contributed by atoms with E-state index < -0.39 is 0 Å². The van der Waals surface area contributed by atoms with Gasteiger partial charge in [-0.25, -0.2) is 4.79 Å². The maximum absolute atomic E-state index is 12.2. The Morgan fingerprint density at radius 2 is 2.10 bits per heavy atom. The van der Waals surface area contributed by atoms with Crippen LogP contribution in [0.5, 0.6) is 0 Å². The lowest BCUT2D eigenvalue weighted by Crippen LogP contribution is -2.24. The molecule has 1 amide bonds. The van der Waals surface area contributed by atoms with Gasteiger partial charge < -0.3 is 10.1 Å². The van der Waals surface area contributed by atoms with Crippen LogP contribution in [0.3, 0.4) is 0 Å². The number of methoxy groups -OCH3 is 1. The lowest BCUT2D eigenvalue weighted by atomic mass is 9.93. The van der Waals surface area contributed by atoms with Crippen molar-refractivity contribution in [3.8, 4) is 0 Å². The maximum atomic E-state index is 12.2. The molecule has 1 aliphatic carbocycles. The Labute approximate surface area is 118 Å². The number of nitrogens with one attached hydrogen (secondary N) is 1. The highest BCUT2D eigenvalue weighted by atomic mass is 16.5. The summed E-state index contributed by atoms with van der Waals surface area (Å²) in [6.45, 7) is 1.81. The molecule has 1 aliphatic rings. The van der Waals surface area contributed by atoms with Crippen molar-refractivity contribution < 1.29 is 14.3 Å². The third-order valence-electron chi connectivity index (χ3n) is 3.64. The molecule has 0 heterocycles. The second-order valence-corrected chi connectivity index (χ2v) is 4.94. The van der Waals surface area contributed by atoms with Gasteiger partial charge in [-0.3, -0.25) is 4.79 Å². The molecule has 0 saturated heterocycles. The van der Waals surface area contributed by atoms with E-state index in [0.29, 0.717) is 11.3 Å². The molecule has 0 bridgehead atoms. The summed E-state index contributed by atoms with van der Waals surface area (Å²) in [7, 11) is 1.35. The van der Waals surface area contributed by atoms with Crippen molar-refractivity contribution in [1.29, 1.82) is 0 Å². The van der Waals surface area contributed by atoms with E-state index in [4.69, 9.17) is 4.74 Å². The molecule has 4 nitrogen and oxygen atoms in total. The Kier molecular flexibility index (Phi) is 4.56. The van der Waals surface area contributed by atoms with Gasteiger partial charge >= 0.3 is 5.97 Å². The first-order valence-electron chi connectivity index (χ1n) is 6.77. The molecule has 0 aliphatic heterocycles. The summed E-state index contributed by atoms with van der Waals surface area (Å²) in [6, 6.07) is 5.24. The molecule has 106 valence electrons. The number of allylic oxidation sites excluding steroid dienone is 2. The van der Waals surface area contributed by atoms with E-state index >= 15 is 0 Å². The first kappa shape index (κ1) is 14.3. The van der Waals surface area contributed by atoms with Gasteiger partial charge in [0, 0.05) is 11.6 Å². The summed E-state index contributed by atoms with van der Waals surface area (Å²) in [6.07, 6.45) is 6.75. The van der Waals surface area contributed by atoms with Crippen LogP contribution >= 0.6 is 0 Å². The van der Waals surface area contributed by atoms with E-state index in [1.54, 1.807) is 18.2 Å². The van der Waals surface area contributed by atoms with Gasteiger partial charge in [0.15, 0.2) is 0 Å². The number of rotatable bonds is 3. The number of anilines is 1. The highest BCUT2D eigenvalue weighted by Crippen LogP contribution is 2.23. The molecular weight excluding hydrogens is 254 g/mol. The lowest BCUT2D eigenvalue weighted by Gasteiger charge is -2.18. The fourth-order valence-electron chi connectivity index (χ4n) is 2.37. The van der Waals surface area contributed by atoms with E-state index in [9.17, 15) is 9.59 Å². The summed E-state index contributed by atoms with van der Waals surface area (Å²) in [5.41, 5.74) is 1.89. The molecule has 1 aromatic carbocycles. The fraction of sp³-hybridized carbons (Fsp3) is 0.375. The number of esters is 1. The highest BCUT2D eigenvalue weighted by molar-refractivity contribution is 5.97. The topological polar surface area (TPSA) is 55.4 Å². The number of hydrogen-bond acceptors (Lipinski definition) is 3. The Bertz CT molecular complexity index is 549. The molecule has 2 rings (SSSR count). The van der Waals surface area contributed by atoms with Crippen LogP contribution < -0.4 is 5.32 Å². The van der Waals surface area contributed by atoms with E-state index in [0.717, 1.165) is 24.8 Å². The van der Waals surface area contributed by atoms with Crippen molar-refractivity contribution in [2.24, 2.45) is 5.92 Å². The normalized spacial score (nSPS) is 17.6. The van der Waals surface area contributed by atoms with Crippen LogP contribution in [0, 0.1) is 12.8 Å². The average molecular weight is 273 g/mol. The molecule has 1 aromatic rings. The van der Waals surface area contributed by atoms with Crippen LogP contribution in [0.15, 0.2) is 30.4 Å². The van der Waals surface area contributed by atoms with Crippen molar-refractivity contribution in [1.82, 2.24) is 0 Å². The molecule has 1 N–H and O–H groups in total. The maximum Gasteiger partial charge on any atom is 0.338 e. The summed E-state index contributed by atoms with van der Waals surface area (Å²) in [4.78, 5) is 23.8. The van der Waals surface area contributed by atoms with Gasteiger partial charge in [-0.05, 0) is 43.9 Å². The molecular formula is C16H19NO3. The minimum atomic E-state index is -0.390. The van der Waals surface area contributed by atoms with Crippen molar-refractivity contribution in [2.45, 2.75) is 26.2 Å². The minimum absolute atomic E-state index is 0.0134. The standard InChI is InChI=1S/C16H19NO3/c1-11-13(16(19)20-2)9-6-10-14(11)17-15(18)12-7-4-3-5-8-12/h3-4,6,9-10,12H,5,7-8H2,1-2H3,(H,17,18)/t12-/m1/s1. The van der Waals surface area contributed by atoms with Gasteiger partial charge in [-0.15, -0.1) is 0 Å². The third kappa shape index (κ3) is 3.07. The molecule has 0 spiro atoms. The summed E-state index contributed by atoms with van der Waals surface area (Å²) in [5.74, 6) is -0.361. The molecule has 20 heavy (non-hydrogen) atoms. The van der Waals surface area contributed by atoms with Crippen molar-refractivity contribution in [3.63, 3.8) is 0 Å². The second kappa shape index (κ2) is 6.37. The van der Waals surface area contributed by atoms with Crippen LogP contribution in [0.2, 0.25) is 0 Å². The number of amides is 1. The SMILES string of the molecule is COC(=O)c1cccc(NC(=O)[C@@H]2CC=CCC2)c1C. The molecule has 1 atom stereocenters. The number of carbonyl (C=O) groups is 2. The van der Waals surface area contributed by atoms with E-state index in [2.05, 4.69) is 11.4 Å². The summed E-state index contributed by atoms with van der Waals surface area (Å²) >= 11 is 0. The van der Waals surface area contributed by atoms with Gasteiger partial charge in [0.25, 0.3) is 0 Å². The molecule has 0 fully saturated rings. The Morgan fingerprint density at radius 3 is 2.75 bits per heavy atom. The zero-order valence-electron chi connectivity index (χ0n) is 11.8. The van der Waals surface area contributed by atoms with Gasteiger partial charge in [-0.2, -0.15) is 0 Å². The predicted octanol–water partition coefficient (Wildman–Crippen LogP) is 3.08. The number of ether oxygens (including phenoxy) is 1. The van der Waals surface area contributed by atoms with Crippen molar-refractivity contribution in [2.75, 3.05) is 12.4 Å². The van der Waals surface area contributed by atoms with Gasteiger partial charge in [-0.1, -0.05) is 18.2 Å². The molecule has 0 saturated carbocycles. The highest BCUT2D eigenvalue weighted by Gasteiger charge is 2.20. The zero-order valence-corrected chi connectivity index (χ0v) is 11.8. The fourth-order valence-corrected chi connectivity index (χ4v) is 2.37. The number of hydrogen-bond donors (Lipinski definition) is 1. The largest absolute Gasteiger partial charge is 0.465 e. The summed E-state index contributed by atoms with van der Waals surface area (Å²) in [5, 5.41) is 2.92. The third-order valence-corrected chi connectivity index (χ3v) is 3.64. The van der Waals surface area contributed by atoms with E-state index in [1.165, 1.54) is 7.11 Å². The van der Waals surface area contributed by atoms with Gasteiger partial charge in [0.2, 0.25) is 5.91 Å². The number of benzene rings is 1. The Morgan fingerprint density at radius 1 is 1.30 bits per heavy atom. The van der Waals surface area contributed by atoms with Gasteiger partial charge in [0.05, 0.1) is 12.7 Å². The first-order valence-corrected chi connectivity index (χ1v) is 6.77. The predicted molar refractivity (Wildman–Crippen MR) is 77.6 cm³/mol. The summed E-state index contributed by atoms with van der Waals surface area (Å²) < 4.78 is 4.73. The lowest BCUT2D eigenvalue weighted by molar-refractivity contribution is -0.120. The first-order chi connectivity index (χ1) is 9.63. The molecule has 0 aromatic heterocycles. The average Bonchev–Trinajstić information content (AvgIpc) is 2.49. The van der Waals surface area contributed by atoms with Gasteiger partial charge in [0.1, 0.15) is 0 Å². The van der Waals surface area contributed by atoms with Crippen molar-refractivity contribution >= 4 is 17.6 Å². The smallest absolute Gasteiger partial charge is 0.338 e. The molecule has 0 unspecified atom stereocenters. The van der Waals surface area contributed by atoms with Crippen LogP contribution in [-0.2, 0) is 9.53 Å². The van der Waals surface area contributed by atoms with Crippen LogP contribution in [0.4, 0.5) is 5.69 Å². The Hall–Kier alpha value is -2.10. The van der Waals surface area contributed by atoms with Crippen LogP contribution in [-0.4, -0.2) is 19.0 Å². The van der Waals surface area contributed by atoms with Crippen LogP contribution in [0.1, 0.15) is 35.2 Å². The number of carbonyl (C=O) groups excluding carboxylic acids is 2. The quantitative estimate of drug-likeness (QED) is 0.680. The van der Waals surface area contributed by atoms with Crippen molar-refractivity contribution in [3.05, 3.63) is 41.5 Å². The second-order valence-electron chi connectivity index (χ2n) is 4.94. The monoisotopic (exact) mass is 273 g/mol. The zero-order chi connectivity index (χ0) is 14.5. The molecule has 0 radical (unpaired) electrons. The van der Waals surface area contributed by atoms with E-state index in [1.807, 2.05) is 13.0 Å². The van der Waals surface area contributed by atoms with Crippen LogP contribution in [0.25, 0.3) is 0 Å². The minimum Gasteiger partial charge on any atom is -0.465 e. The van der Waals surface area contributed by atoms with E-state index in [-0.39, 0.29) is 17.8 Å². The molecule has 4 heteroatoms.